The number of rotatable bonds is 6. The number of hydrogen-bond donors (Lipinski definition) is 3. The first-order chi connectivity index (χ1) is 11.0. The number of hydrogen-bond acceptors (Lipinski definition) is 6. The number of thiazole rings is 1. The lowest BCUT2D eigenvalue weighted by Crippen LogP contribution is -2.15. The molecule has 0 spiro atoms. The van der Waals surface area contributed by atoms with Crippen LogP contribution in [0.4, 0.5) is 10.9 Å². The van der Waals surface area contributed by atoms with Crippen molar-refractivity contribution in [1.82, 2.24) is 15.0 Å². The van der Waals surface area contributed by atoms with Gasteiger partial charge in [0.2, 0.25) is 0 Å². The van der Waals surface area contributed by atoms with E-state index < -0.39 is 6.04 Å². The molecule has 126 valence electrons. The molecule has 0 aromatic carbocycles. The maximum Gasteiger partial charge on any atom is 0.200 e. The van der Waals surface area contributed by atoms with E-state index in [2.05, 4.69) is 32.5 Å². The molecule has 1 fully saturated rings. The number of imidazole rings is 1. The van der Waals surface area contributed by atoms with Crippen molar-refractivity contribution >= 4 is 40.1 Å². The molecular weight excluding hydrogens is 345 g/mol. The SMILES string of the molecule is CNc1cnc(C(CNc2nc(C)c[nH]2)P2(=S)CC[C@@H](C)C2)s1. The summed E-state index contributed by atoms with van der Waals surface area (Å²) in [4.78, 5) is 12.3. The normalized spacial score (nSPS) is 25.4. The van der Waals surface area contributed by atoms with Crippen molar-refractivity contribution in [3.8, 4) is 0 Å². The van der Waals surface area contributed by atoms with Crippen LogP contribution in [0, 0.1) is 12.8 Å². The van der Waals surface area contributed by atoms with E-state index in [0.717, 1.165) is 29.1 Å². The first-order valence-electron chi connectivity index (χ1n) is 7.97. The minimum absolute atomic E-state index is 0.333. The van der Waals surface area contributed by atoms with Crippen LogP contribution in [0.2, 0.25) is 0 Å². The molecule has 2 aromatic rings. The molecule has 0 bridgehead atoms. The molecule has 0 saturated carbocycles. The van der Waals surface area contributed by atoms with E-state index in [1.54, 1.807) is 11.3 Å². The summed E-state index contributed by atoms with van der Waals surface area (Å²) in [7, 11) is 1.94. The molecule has 0 radical (unpaired) electrons. The number of aryl methyl sites for hydroxylation is 1. The van der Waals surface area contributed by atoms with E-state index in [9.17, 15) is 0 Å². The van der Waals surface area contributed by atoms with Gasteiger partial charge in [-0.15, -0.1) is 11.3 Å². The van der Waals surface area contributed by atoms with E-state index in [-0.39, 0.29) is 0 Å². The van der Waals surface area contributed by atoms with E-state index >= 15 is 0 Å². The van der Waals surface area contributed by atoms with E-state index in [0.29, 0.717) is 5.66 Å². The second-order valence-electron chi connectivity index (χ2n) is 6.35. The van der Waals surface area contributed by atoms with Crippen LogP contribution in [0.15, 0.2) is 12.4 Å². The lowest BCUT2D eigenvalue weighted by atomic mass is 10.2. The fraction of sp³-hybridized carbons (Fsp3) is 0.600. The number of aromatic amines is 1. The van der Waals surface area contributed by atoms with Crippen molar-refractivity contribution in [3.05, 3.63) is 23.1 Å². The molecule has 23 heavy (non-hydrogen) atoms. The van der Waals surface area contributed by atoms with Gasteiger partial charge < -0.3 is 15.6 Å². The third-order valence-corrected chi connectivity index (χ3v) is 11.3. The van der Waals surface area contributed by atoms with Crippen molar-refractivity contribution in [2.45, 2.75) is 25.9 Å². The highest BCUT2D eigenvalue weighted by atomic mass is 32.4. The van der Waals surface area contributed by atoms with Crippen LogP contribution in [-0.4, -0.2) is 40.9 Å². The fourth-order valence-corrected chi connectivity index (χ4v) is 10.2. The maximum atomic E-state index is 6.20. The van der Waals surface area contributed by atoms with Gasteiger partial charge >= 0.3 is 0 Å². The summed E-state index contributed by atoms with van der Waals surface area (Å²) in [5, 5.41) is 8.91. The van der Waals surface area contributed by atoms with Gasteiger partial charge in [-0.3, -0.25) is 0 Å². The monoisotopic (exact) mass is 369 g/mol. The molecule has 0 aliphatic carbocycles. The number of nitrogens with one attached hydrogen (secondary N) is 3. The maximum absolute atomic E-state index is 6.20. The second kappa shape index (κ2) is 6.91. The molecule has 3 atom stereocenters. The molecule has 2 aromatic heterocycles. The van der Waals surface area contributed by atoms with Crippen LogP contribution >= 0.6 is 17.4 Å². The summed E-state index contributed by atoms with van der Waals surface area (Å²) in [5.41, 5.74) is 1.33. The Morgan fingerprint density at radius 3 is 2.96 bits per heavy atom. The minimum Gasteiger partial charge on any atom is -0.379 e. The highest BCUT2D eigenvalue weighted by molar-refractivity contribution is 8.15. The van der Waals surface area contributed by atoms with Gasteiger partial charge in [0.25, 0.3) is 0 Å². The van der Waals surface area contributed by atoms with Crippen molar-refractivity contribution in [2.75, 3.05) is 36.5 Å². The quantitative estimate of drug-likeness (QED) is 0.674. The molecular formula is C15H24N5PS2. The van der Waals surface area contributed by atoms with Crippen LogP contribution in [0.5, 0.6) is 0 Å². The standard InChI is InChI=1S/C15H24N5PS2/c1-10-4-5-21(22,9-10)12(14-17-8-13(16-3)23-14)7-19-15-18-6-11(2)20-15/h6,8,10,12,16H,4-5,7,9H2,1-3H3,(H2,18,19,20)/t10-,12?,21?/m1/s1. The smallest absolute Gasteiger partial charge is 0.200 e. The summed E-state index contributed by atoms with van der Waals surface area (Å²) in [6.45, 7) is 5.13. The lowest BCUT2D eigenvalue weighted by Gasteiger charge is -2.26. The van der Waals surface area contributed by atoms with Crippen molar-refractivity contribution < 1.29 is 0 Å². The zero-order valence-corrected chi connectivity index (χ0v) is 16.3. The highest BCUT2D eigenvalue weighted by Crippen LogP contribution is 2.65. The van der Waals surface area contributed by atoms with E-state index in [1.807, 2.05) is 26.4 Å². The molecule has 1 aliphatic rings. The average molecular weight is 370 g/mol. The van der Waals surface area contributed by atoms with Gasteiger partial charge in [0.15, 0.2) is 5.95 Å². The van der Waals surface area contributed by atoms with Gasteiger partial charge in [-0.1, -0.05) is 18.7 Å². The minimum atomic E-state index is -1.44. The molecule has 3 N–H and O–H groups in total. The Labute approximate surface area is 146 Å². The molecule has 3 rings (SSSR count). The van der Waals surface area contributed by atoms with Crippen LogP contribution in [0.25, 0.3) is 0 Å². The van der Waals surface area contributed by atoms with Crippen LogP contribution in [0.1, 0.15) is 29.7 Å². The van der Waals surface area contributed by atoms with E-state index in [1.165, 1.54) is 23.8 Å². The second-order valence-corrected chi connectivity index (χ2v) is 12.9. The summed E-state index contributed by atoms with van der Waals surface area (Å²) in [6, 6.07) is -1.44. The number of anilines is 2. The van der Waals surface area contributed by atoms with Crippen LogP contribution in [0.3, 0.4) is 0 Å². The largest absolute Gasteiger partial charge is 0.379 e. The number of nitrogens with zero attached hydrogens (tertiary/aromatic N) is 2. The lowest BCUT2D eigenvalue weighted by molar-refractivity contribution is 0.668. The first-order valence-corrected chi connectivity index (χ1v) is 12.0. The molecule has 2 unspecified atom stereocenters. The number of H-pyrrole nitrogens is 1. The van der Waals surface area contributed by atoms with Gasteiger partial charge in [-0.05, 0) is 37.6 Å². The molecule has 3 heterocycles. The topological polar surface area (TPSA) is 65.6 Å². The Kier molecular flexibility index (Phi) is 5.09. The Hall–Kier alpha value is -0.910. The van der Waals surface area contributed by atoms with Gasteiger partial charge in [0, 0.05) is 19.8 Å². The van der Waals surface area contributed by atoms with Gasteiger partial charge in [-0.25, -0.2) is 9.97 Å². The number of aromatic nitrogens is 3. The molecule has 5 nitrogen and oxygen atoms in total. The molecule has 1 saturated heterocycles. The van der Waals surface area contributed by atoms with Crippen molar-refractivity contribution in [1.29, 1.82) is 0 Å². The Morgan fingerprint density at radius 2 is 2.39 bits per heavy atom. The van der Waals surface area contributed by atoms with Gasteiger partial charge in [0.05, 0.1) is 17.5 Å². The van der Waals surface area contributed by atoms with Crippen molar-refractivity contribution in [3.63, 3.8) is 0 Å². The van der Waals surface area contributed by atoms with E-state index in [4.69, 9.17) is 11.8 Å². The zero-order chi connectivity index (χ0) is 16.4. The fourth-order valence-electron chi connectivity index (χ4n) is 3.14. The predicted molar refractivity (Wildman–Crippen MR) is 104 cm³/mol. The van der Waals surface area contributed by atoms with Crippen LogP contribution in [-0.2, 0) is 11.8 Å². The molecule has 1 aliphatic heterocycles. The van der Waals surface area contributed by atoms with Gasteiger partial charge in [0.1, 0.15) is 10.0 Å². The summed E-state index contributed by atoms with van der Waals surface area (Å²) >= 11 is 7.94. The summed E-state index contributed by atoms with van der Waals surface area (Å²) in [6.07, 6.45) is 7.49. The summed E-state index contributed by atoms with van der Waals surface area (Å²) < 4.78 is 0. The Bertz CT molecular complexity index is 710. The highest BCUT2D eigenvalue weighted by Gasteiger charge is 2.37. The third kappa shape index (κ3) is 3.78. The Balaban J connectivity index is 1.82. The zero-order valence-electron chi connectivity index (χ0n) is 13.8. The van der Waals surface area contributed by atoms with Gasteiger partial charge in [-0.2, -0.15) is 0 Å². The molecule has 8 heteroatoms. The summed E-state index contributed by atoms with van der Waals surface area (Å²) in [5.74, 6) is 1.57. The first kappa shape index (κ1) is 16.9. The molecule has 0 amide bonds. The van der Waals surface area contributed by atoms with Crippen LogP contribution < -0.4 is 10.6 Å². The Morgan fingerprint density at radius 1 is 1.57 bits per heavy atom. The average Bonchev–Trinajstić information content (AvgIpc) is 3.21. The van der Waals surface area contributed by atoms with Crippen molar-refractivity contribution in [2.24, 2.45) is 5.92 Å². The third-order valence-electron chi connectivity index (χ3n) is 4.41. The predicted octanol–water partition coefficient (Wildman–Crippen LogP) is 3.89.